The Hall–Kier alpha value is -2.59. The fourth-order valence-electron chi connectivity index (χ4n) is 3.37. The number of benzene rings is 1. The van der Waals surface area contributed by atoms with E-state index in [1.165, 1.54) is 35.2 Å². The Morgan fingerprint density at radius 1 is 1.20 bits per heavy atom. The van der Waals surface area contributed by atoms with Crippen molar-refractivity contribution in [3.05, 3.63) is 51.1 Å². The lowest BCUT2D eigenvalue weighted by Gasteiger charge is -2.10. The summed E-state index contributed by atoms with van der Waals surface area (Å²) in [6.45, 7) is 7.22. The second-order valence-corrected chi connectivity index (χ2v) is 8.92. The number of rotatable bonds is 7. The van der Waals surface area contributed by atoms with Gasteiger partial charge in [-0.25, -0.2) is 14.1 Å². The van der Waals surface area contributed by atoms with Crippen LogP contribution in [0.15, 0.2) is 34.2 Å². The molecule has 3 aromatic heterocycles. The highest BCUT2D eigenvalue weighted by atomic mass is 32.2. The maximum atomic E-state index is 13.4. The molecule has 0 aliphatic heterocycles. The van der Waals surface area contributed by atoms with E-state index in [0.717, 1.165) is 34.8 Å². The molecule has 0 saturated carbocycles. The van der Waals surface area contributed by atoms with Crippen molar-refractivity contribution < 1.29 is 4.39 Å². The molecule has 0 atom stereocenters. The number of aromatic nitrogens is 6. The van der Waals surface area contributed by atoms with Gasteiger partial charge in [0.15, 0.2) is 11.0 Å². The molecule has 10 heteroatoms. The van der Waals surface area contributed by atoms with Crippen molar-refractivity contribution in [3.63, 3.8) is 0 Å². The monoisotopic (exact) mass is 444 g/mol. The Morgan fingerprint density at radius 2 is 1.97 bits per heavy atom. The van der Waals surface area contributed by atoms with Gasteiger partial charge in [-0.05, 0) is 48.4 Å². The molecule has 4 rings (SSSR count). The van der Waals surface area contributed by atoms with Crippen molar-refractivity contribution in [2.75, 3.05) is 0 Å². The van der Waals surface area contributed by atoms with Crippen LogP contribution in [0.5, 0.6) is 0 Å². The topological polar surface area (TPSA) is 78.5 Å². The van der Waals surface area contributed by atoms with Crippen molar-refractivity contribution in [2.24, 2.45) is 0 Å². The van der Waals surface area contributed by atoms with E-state index in [1.807, 2.05) is 13.8 Å². The van der Waals surface area contributed by atoms with Crippen molar-refractivity contribution >= 4 is 33.3 Å². The summed E-state index contributed by atoms with van der Waals surface area (Å²) in [6, 6.07) is 6.23. The van der Waals surface area contributed by atoms with E-state index in [4.69, 9.17) is 4.98 Å². The highest BCUT2D eigenvalue weighted by Crippen LogP contribution is 2.36. The molecule has 0 N–H and O–H groups in total. The average Bonchev–Trinajstić information content (AvgIpc) is 3.31. The fourth-order valence-corrected chi connectivity index (χ4v) is 5.45. The largest absolute Gasteiger partial charge is 0.287 e. The van der Waals surface area contributed by atoms with Crippen molar-refractivity contribution in [1.29, 1.82) is 0 Å². The molecule has 0 bridgehead atoms. The normalized spacial score (nSPS) is 11.5. The molecule has 0 aliphatic carbocycles. The van der Waals surface area contributed by atoms with Crippen LogP contribution < -0.4 is 5.56 Å². The predicted octanol–water partition coefficient (Wildman–Crippen LogP) is 4.28. The number of nitrogens with zero attached hydrogens (tertiary/aromatic N) is 6. The summed E-state index contributed by atoms with van der Waals surface area (Å²) in [5.41, 5.74) is 1.57. The number of fused-ring (bicyclic) bond motifs is 1. The maximum Gasteiger partial charge on any atom is 0.263 e. The van der Waals surface area contributed by atoms with Gasteiger partial charge in [-0.2, -0.15) is 0 Å². The van der Waals surface area contributed by atoms with Crippen LogP contribution in [0.1, 0.15) is 31.0 Å². The third-order valence-electron chi connectivity index (χ3n) is 4.77. The van der Waals surface area contributed by atoms with Crippen LogP contribution in [0.25, 0.3) is 21.3 Å². The Bertz CT molecular complexity index is 1240. The highest BCUT2D eigenvalue weighted by Gasteiger charge is 2.20. The summed E-state index contributed by atoms with van der Waals surface area (Å²) >= 11 is 2.94. The number of hydrogen-bond donors (Lipinski definition) is 0. The first kappa shape index (κ1) is 20.7. The van der Waals surface area contributed by atoms with Gasteiger partial charge in [0.2, 0.25) is 0 Å². The van der Waals surface area contributed by atoms with Gasteiger partial charge in [0.05, 0.1) is 11.1 Å². The average molecular weight is 445 g/mol. The van der Waals surface area contributed by atoms with E-state index >= 15 is 0 Å². The fraction of sp³-hybridized carbons (Fsp3) is 0.350. The van der Waals surface area contributed by atoms with Crippen LogP contribution >= 0.6 is 23.1 Å². The van der Waals surface area contributed by atoms with Gasteiger partial charge >= 0.3 is 0 Å². The lowest BCUT2D eigenvalue weighted by atomic mass is 10.0. The summed E-state index contributed by atoms with van der Waals surface area (Å²) in [5.74, 6) is 0.984. The number of thioether (sulfide) groups is 1. The van der Waals surface area contributed by atoms with Crippen LogP contribution in [-0.4, -0.2) is 29.8 Å². The lowest BCUT2D eigenvalue weighted by molar-refractivity contribution is 0.564. The van der Waals surface area contributed by atoms with E-state index < -0.39 is 0 Å². The van der Waals surface area contributed by atoms with E-state index in [-0.39, 0.29) is 11.4 Å². The molecule has 0 radical (unpaired) electrons. The molecule has 156 valence electrons. The zero-order valence-electron chi connectivity index (χ0n) is 16.9. The van der Waals surface area contributed by atoms with Crippen LogP contribution in [-0.2, 0) is 18.8 Å². The van der Waals surface area contributed by atoms with E-state index in [2.05, 4.69) is 22.4 Å². The second kappa shape index (κ2) is 8.65. The van der Waals surface area contributed by atoms with Crippen molar-refractivity contribution in [3.8, 4) is 11.1 Å². The van der Waals surface area contributed by atoms with Gasteiger partial charge in [0.25, 0.3) is 5.56 Å². The third-order valence-corrected chi connectivity index (χ3v) is 6.75. The van der Waals surface area contributed by atoms with Crippen LogP contribution in [0.4, 0.5) is 4.39 Å². The summed E-state index contributed by atoms with van der Waals surface area (Å²) in [4.78, 5) is 19.9. The zero-order valence-corrected chi connectivity index (χ0v) is 18.6. The number of thiophene rings is 1. The van der Waals surface area contributed by atoms with Gasteiger partial charge in [0, 0.05) is 23.5 Å². The molecule has 0 unspecified atom stereocenters. The quantitative estimate of drug-likeness (QED) is 0.313. The first-order valence-electron chi connectivity index (χ1n) is 9.71. The molecule has 4 aromatic rings. The minimum absolute atomic E-state index is 0.0816. The molecule has 0 spiro atoms. The van der Waals surface area contributed by atoms with Crippen molar-refractivity contribution in [1.82, 2.24) is 29.8 Å². The molecular formula is C20H21FN6OS2. The predicted molar refractivity (Wildman–Crippen MR) is 117 cm³/mol. The number of aryl methyl sites for hydroxylation is 2. The van der Waals surface area contributed by atoms with E-state index in [9.17, 15) is 9.18 Å². The summed E-state index contributed by atoms with van der Waals surface area (Å²) in [6.07, 6.45) is 0.938. The molecule has 0 amide bonds. The van der Waals surface area contributed by atoms with Gasteiger partial charge in [-0.1, -0.05) is 30.8 Å². The van der Waals surface area contributed by atoms with E-state index in [1.54, 1.807) is 21.4 Å². The molecule has 3 heterocycles. The maximum absolute atomic E-state index is 13.4. The Labute approximate surface area is 181 Å². The molecule has 0 fully saturated rings. The zero-order chi connectivity index (χ0) is 21.3. The smallest absolute Gasteiger partial charge is 0.263 e. The Morgan fingerprint density at radius 3 is 2.67 bits per heavy atom. The summed E-state index contributed by atoms with van der Waals surface area (Å²) in [7, 11) is 0. The number of halogens is 1. The van der Waals surface area contributed by atoms with Crippen LogP contribution in [0.3, 0.4) is 0 Å². The lowest BCUT2D eigenvalue weighted by Crippen LogP contribution is -2.22. The third kappa shape index (κ3) is 3.77. The van der Waals surface area contributed by atoms with E-state index in [0.29, 0.717) is 27.7 Å². The minimum Gasteiger partial charge on any atom is -0.287 e. The summed E-state index contributed by atoms with van der Waals surface area (Å²) in [5, 5.41) is 13.1. The Balaban J connectivity index is 1.76. The standard InChI is InChI=1S/C20H21FN6OS2/c1-4-10-27-15(23-24-25-27)11-29-20-22-18-17(19(28)26(20)5-2)16(12(3)30-18)13-6-8-14(21)9-7-13/h6-9H,4-5,10-11H2,1-3H3. The molecule has 7 nitrogen and oxygen atoms in total. The van der Waals surface area contributed by atoms with Gasteiger partial charge in [-0.3, -0.25) is 9.36 Å². The SMILES string of the molecule is CCCn1nnnc1CSc1nc2sc(C)c(-c3ccc(F)cc3)c2c(=O)n1CC. The second-order valence-electron chi connectivity index (χ2n) is 6.77. The first-order chi connectivity index (χ1) is 14.5. The number of hydrogen-bond acceptors (Lipinski definition) is 7. The Kier molecular flexibility index (Phi) is 5.96. The molecule has 1 aromatic carbocycles. The first-order valence-corrected chi connectivity index (χ1v) is 11.5. The minimum atomic E-state index is -0.302. The van der Waals surface area contributed by atoms with Crippen molar-refractivity contribution in [2.45, 2.75) is 51.2 Å². The van der Waals surface area contributed by atoms with Gasteiger partial charge < -0.3 is 0 Å². The summed E-state index contributed by atoms with van der Waals surface area (Å²) < 4.78 is 16.8. The van der Waals surface area contributed by atoms with Crippen LogP contribution in [0.2, 0.25) is 0 Å². The number of tetrazole rings is 1. The molecule has 0 aliphatic rings. The molecular weight excluding hydrogens is 423 g/mol. The molecule has 0 saturated heterocycles. The van der Waals surface area contributed by atoms with Crippen LogP contribution in [0, 0.1) is 12.7 Å². The van der Waals surface area contributed by atoms with Gasteiger partial charge in [0.1, 0.15) is 10.6 Å². The highest BCUT2D eigenvalue weighted by molar-refractivity contribution is 7.98. The van der Waals surface area contributed by atoms with Gasteiger partial charge in [-0.15, -0.1) is 16.4 Å². The molecule has 30 heavy (non-hydrogen) atoms.